The lowest BCUT2D eigenvalue weighted by atomic mass is 10.1. The van der Waals surface area contributed by atoms with Gasteiger partial charge in [-0.05, 0) is 44.2 Å². The first-order chi connectivity index (χ1) is 18.0. The zero-order chi connectivity index (χ0) is 27.8. The molecule has 38 heavy (non-hydrogen) atoms. The molecule has 4 aromatic rings. The van der Waals surface area contributed by atoms with E-state index in [0.29, 0.717) is 22.8 Å². The number of ether oxygens (including phenoxy) is 3. The van der Waals surface area contributed by atoms with Crippen molar-refractivity contribution in [3.05, 3.63) is 65.0 Å². The predicted molar refractivity (Wildman–Crippen MR) is 139 cm³/mol. The van der Waals surface area contributed by atoms with E-state index in [1.807, 2.05) is 6.92 Å². The monoisotopic (exact) mass is 559 g/mol. The smallest absolute Gasteiger partial charge is 0.338 e. The number of imidazole rings is 1. The zero-order valence-electron chi connectivity index (χ0n) is 21.2. The SMILES string of the molecule is COc1ccc2c(c1)nc([S+]([O-])Cc1ncc(C)c(OC)c1C)n2S(=O)(=O)c1cc(C(=O)O)ccc1OC. The van der Waals surface area contributed by atoms with Crippen molar-refractivity contribution >= 4 is 38.2 Å². The van der Waals surface area contributed by atoms with Crippen LogP contribution in [-0.4, -0.2) is 59.3 Å². The molecule has 0 saturated carbocycles. The number of fused-ring (bicyclic) bond motifs is 1. The van der Waals surface area contributed by atoms with Crippen LogP contribution in [0.1, 0.15) is 27.2 Å². The topological polar surface area (TPSA) is 153 Å². The largest absolute Gasteiger partial charge is 0.609 e. The summed E-state index contributed by atoms with van der Waals surface area (Å²) in [5, 5.41) is 9.19. The van der Waals surface area contributed by atoms with E-state index in [9.17, 15) is 22.9 Å². The molecule has 0 aliphatic heterocycles. The van der Waals surface area contributed by atoms with Gasteiger partial charge in [0.1, 0.15) is 22.1 Å². The van der Waals surface area contributed by atoms with Gasteiger partial charge >= 0.3 is 11.1 Å². The van der Waals surface area contributed by atoms with E-state index in [0.717, 1.165) is 15.6 Å². The quantitative estimate of drug-likeness (QED) is 0.302. The summed E-state index contributed by atoms with van der Waals surface area (Å²) in [5.74, 6) is -0.535. The number of rotatable bonds is 9. The molecule has 1 unspecified atom stereocenters. The highest BCUT2D eigenvalue weighted by Crippen LogP contribution is 2.34. The normalized spacial score (nSPS) is 12.4. The highest BCUT2D eigenvalue weighted by Gasteiger charge is 2.34. The number of benzene rings is 2. The van der Waals surface area contributed by atoms with Crippen LogP contribution in [0.4, 0.5) is 0 Å². The minimum absolute atomic E-state index is 0.0807. The number of pyridine rings is 1. The van der Waals surface area contributed by atoms with E-state index in [4.69, 9.17) is 14.2 Å². The summed E-state index contributed by atoms with van der Waals surface area (Å²) < 4.78 is 58.6. The number of methoxy groups -OCH3 is 3. The minimum atomic E-state index is -4.55. The van der Waals surface area contributed by atoms with Crippen molar-refractivity contribution in [1.29, 1.82) is 0 Å². The molecule has 0 saturated heterocycles. The first-order valence-electron chi connectivity index (χ1n) is 11.1. The van der Waals surface area contributed by atoms with Crippen LogP contribution in [0.15, 0.2) is 52.6 Å². The van der Waals surface area contributed by atoms with Crippen LogP contribution in [0.3, 0.4) is 0 Å². The van der Waals surface area contributed by atoms with Crippen molar-refractivity contribution in [3.8, 4) is 17.2 Å². The first-order valence-corrected chi connectivity index (χ1v) is 13.9. The molecule has 1 N–H and O–H groups in total. The fraction of sp³-hybridized carbons (Fsp3) is 0.240. The average Bonchev–Trinajstić information content (AvgIpc) is 3.30. The molecule has 0 spiro atoms. The van der Waals surface area contributed by atoms with E-state index in [2.05, 4.69) is 9.97 Å². The Morgan fingerprint density at radius 1 is 1.08 bits per heavy atom. The Kier molecular flexibility index (Phi) is 7.54. The fourth-order valence-corrected chi connectivity index (χ4v) is 7.27. The molecule has 200 valence electrons. The third-order valence-electron chi connectivity index (χ3n) is 5.94. The summed E-state index contributed by atoms with van der Waals surface area (Å²) >= 11 is -2.00. The molecule has 0 radical (unpaired) electrons. The maximum absolute atomic E-state index is 14.1. The van der Waals surface area contributed by atoms with E-state index >= 15 is 0 Å². The molecular formula is C25H25N3O8S2. The van der Waals surface area contributed by atoms with Crippen molar-refractivity contribution in [1.82, 2.24) is 13.9 Å². The van der Waals surface area contributed by atoms with Gasteiger partial charge < -0.3 is 23.9 Å². The van der Waals surface area contributed by atoms with Gasteiger partial charge in [-0.15, -0.1) is 0 Å². The fourth-order valence-electron chi connectivity index (χ4n) is 4.03. The second-order valence-corrected chi connectivity index (χ2v) is 11.3. The second-order valence-electron chi connectivity index (χ2n) is 8.23. The van der Waals surface area contributed by atoms with E-state index in [-0.39, 0.29) is 33.3 Å². The molecule has 0 aliphatic carbocycles. The third kappa shape index (κ3) is 4.75. The van der Waals surface area contributed by atoms with E-state index in [1.54, 1.807) is 19.2 Å². The van der Waals surface area contributed by atoms with Crippen LogP contribution in [0, 0.1) is 13.8 Å². The van der Waals surface area contributed by atoms with Crippen molar-refractivity contribution in [2.75, 3.05) is 21.3 Å². The molecule has 13 heteroatoms. The summed E-state index contributed by atoms with van der Waals surface area (Å²) in [4.78, 5) is 20.0. The van der Waals surface area contributed by atoms with Gasteiger partial charge in [-0.1, -0.05) is 0 Å². The Hall–Kier alpha value is -3.81. The average molecular weight is 560 g/mol. The Morgan fingerprint density at radius 2 is 1.82 bits per heavy atom. The van der Waals surface area contributed by atoms with Crippen LogP contribution in [0.5, 0.6) is 17.2 Å². The minimum Gasteiger partial charge on any atom is -0.609 e. The highest BCUT2D eigenvalue weighted by molar-refractivity contribution is 7.93. The van der Waals surface area contributed by atoms with Gasteiger partial charge in [0.25, 0.3) is 10.0 Å². The van der Waals surface area contributed by atoms with Gasteiger partial charge in [0.05, 0.1) is 43.6 Å². The van der Waals surface area contributed by atoms with Crippen LogP contribution >= 0.6 is 0 Å². The molecule has 4 rings (SSSR count). The summed E-state index contributed by atoms with van der Waals surface area (Å²) in [6, 6.07) is 8.02. The molecule has 2 aromatic heterocycles. The standard InChI is InChI=1S/C25H25N3O8S2/c1-14-12-26-19(15(2)23(14)36-5)13-37(31)25-27-18-11-17(34-3)7-8-20(18)28(25)38(32,33)22-10-16(24(29)30)6-9-21(22)35-4/h6-12H,13H2,1-5H3,(H,29,30). The Bertz CT molecular complexity index is 1650. The van der Waals surface area contributed by atoms with Crippen LogP contribution in [0.25, 0.3) is 11.0 Å². The Balaban J connectivity index is 1.94. The van der Waals surface area contributed by atoms with Gasteiger partial charge in [0.2, 0.25) is 0 Å². The number of aromatic carboxylic acids is 1. The molecule has 1 atom stereocenters. The van der Waals surface area contributed by atoms with Crippen molar-refractivity contribution in [3.63, 3.8) is 0 Å². The van der Waals surface area contributed by atoms with Gasteiger partial charge in [-0.25, -0.2) is 13.2 Å². The third-order valence-corrected chi connectivity index (χ3v) is 9.00. The van der Waals surface area contributed by atoms with E-state index in [1.165, 1.54) is 45.6 Å². The van der Waals surface area contributed by atoms with Crippen LogP contribution in [0.2, 0.25) is 0 Å². The first kappa shape index (κ1) is 27.2. The number of carboxylic acids is 1. The number of nitrogens with zero attached hydrogens (tertiary/aromatic N) is 3. The lowest BCUT2D eigenvalue weighted by Gasteiger charge is -2.16. The predicted octanol–water partition coefficient (Wildman–Crippen LogP) is 3.32. The number of carboxylic acid groups (broad SMARTS) is 1. The van der Waals surface area contributed by atoms with Crippen LogP contribution in [-0.2, 0) is 27.0 Å². The Labute approximate surface area is 222 Å². The maximum atomic E-state index is 14.1. The van der Waals surface area contributed by atoms with Crippen molar-refractivity contribution in [2.45, 2.75) is 29.7 Å². The summed E-state index contributed by atoms with van der Waals surface area (Å²) in [5.41, 5.74) is 2.00. The maximum Gasteiger partial charge on any atom is 0.338 e. The zero-order valence-corrected chi connectivity index (χ0v) is 22.8. The van der Waals surface area contributed by atoms with E-state index < -0.39 is 32.1 Å². The number of aryl methyl sites for hydroxylation is 1. The molecule has 0 aliphatic rings. The number of aromatic nitrogens is 3. The van der Waals surface area contributed by atoms with Gasteiger partial charge in [-0.3, -0.25) is 4.98 Å². The number of hydrogen-bond donors (Lipinski definition) is 1. The highest BCUT2D eigenvalue weighted by atomic mass is 32.2. The summed E-state index contributed by atoms with van der Waals surface area (Å²) in [6.07, 6.45) is 1.59. The summed E-state index contributed by atoms with van der Waals surface area (Å²) in [7, 11) is -0.308. The molecule has 0 bridgehead atoms. The number of carbonyl (C=O) groups is 1. The van der Waals surface area contributed by atoms with Gasteiger partial charge in [0.15, 0.2) is 5.75 Å². The molecule has 0 fully saturated rings. The van der Waals surface area contributed by atoms with Gasteiger partial charge in [0, 0.05) is 34.6 Å². The van der Waals surface area contributed by atoms with Gasteiger partial charge in [-0.2, -0.15) is 8.96 Å². The lowest BCUT2D eigenvalue weighted by Crippen LogP contribution is -2.21. The Morgan fingerprint density at radius 3 is 2.45 bits per heavy atom. The second kappa shape index (κ2) is 10.5. The molecule has 11 nitrogen and oxygen atoms in total. The summed E-state index contributed by atoms with van der Waals surface area (Å²) in [6.45, 7) is 3.61. The van der Waals surface area contributed by atoms with Crippen LogP contribution < -0.4 is 14.2 Å². The molecule has 0 amide bonds. The molecule has 2 heterocycles. The van der Waals surface area contributed by atoms with Crippen molar-refractivity contribution in [2.24, 2.45) is 0 Å². The number of hydrogen-bond acceptors (Lipinski definition) is 9. The molecule has 2 aromatic carbocycles. The molecular weight excluding hydrogens is 534 g/mol. The van der Waals surface area contributed by atoms with Crippen molar-refractivity contribution < 1.29 is 37.1 Å². The lowest BCUT2D eigenvalue weighted by molar-refractivity contribution is 0.0696.